The summed E-state index contributed by atoms with van der Waals surface area (Å²) < 4.78 is 33.0. The van der Waals surface area contributed by atoms with Crippen molar-refractivity contribution in [2.45, 2.75) is 50.3 Å². The maximum absolute atomic E-state index is 13.0. The van der Waals surface area contributed by atoms with E-state index in [0.29, 0.717) is 23.7 Å². The molecule has 0 radical (unpaired) electrons. The smallest absolute Gasteiger partial charge is 0.220 e. The maximum Gasteiger partial charge on any atom is 0.220 e. The predicted molar refractivity (Wildman–Crippen MR) is 88.3 cm³/mol. The number of rotatable bonds is 3. The van der Waals surface area contributed by atoms with Gasteiger partial charge in [-0.2, -0.15) is 4.31 Å². The van der Waals surface area contributed by atoms with Gasteiger partial charge >= 0.3 is 0 Å². The van der Waals surface area contributed by atoms with Crippen molar-refractivity contribution in [2.24, 2.45) is 5.92 Å². The highest BCUT2D eigenvalue weighted by Gasteiger charge is 2.39. The zero-order valence-electron chi connectivity index (χ0n) is 13.1. The maximum atomic E-state index is 13.0. The van der Waals surface area contributed by atoms with Crippen molar-refractivity contribution in [3.8, 4) is 0 Å². The SMILES string of the molecule is O=S(=O)(Cc1noc2ccccc12)N1CCC[C@H]2CCCC[C@H]21. The Balaban J connectivity index is 1.62. The van der Waals surface area contributed by atoms with Crippen molar-refractivity contribution < 1.29 is 12.9 Å². The highest BCUT2D eigenvalue weighted by Crippen LogP contribution is 2.37. The Labute approximate surface area is 136 Å². The zero-order valence-corrected chi connectivity index (χ0v) is 14.0. The van der Waals surface area contributed by atoms with Crippen LogP contribution in [0.15, 0.2) is 28.8 Å². The van der Waals surface area contributed by atoms with E-state index in [1.807, 2.05) is 24.3 Å². The molecule has 2 fully saturated rings. The van der Waals surface area contributed by atoms with E-state index in [4.69, 9.17) is 4.52 Å². The third-order valence-corrected chi connectivity index (χ3v) is 7.13. The lowest BCUT2D eigenvalue weighted by Gasteiger charge is -2.43. The predicted octanol–water partition coefficient (Wildman–Crippen LogP) is 3.31. The summed E-state index contributed by atoms with van der Waals surface area (Å²) in [4.78, 5) is 0. The summed E-state index contributed by atoms with van der Waals surface area (Å²) in [7, 11) is -3.36. The van der Waals surface area contributed by atoms with Gasteiger partial charge in [0.25, 0.3) is 0 Å². The lowest BCUT2D eigenvalue weighted by Crippen LogP contribution is -2.49. The molecule has 1 aliphatic heterocycles. The molecule has 5 nitrogen and oxygen atoms in total. The molecular formula is C17H22N2O3S. The summed E-state index contributed by atoms with van der Waals surface area (Å²) in [5.41, 5.74) is 1.17. The number of aromatic nitrogens is 1. The third kappa shape index (κ3) is 2.78. The molecule has 0 unspecified atom stereocenters. The first kappa shape index (κ1) is 15.1. The topological polar surface area (TPSA) is 63.4 Å². The van der Waals surface area contributed by atoms with Crippen molar-refractivity contribution in [3.05, 3.63) is 30.0 Å². The molecule has 6 heteroatoms. The molecule has 1 aromatic heterocycles. The molecule has 2 atom stereocenters. The van der Waals surface area contributed by atoms with E-state index in [1.54, 1.807) is 4.31 Å². The number of hydrogen-bond acceptors (Lipinski definition) is 4. The van der Waals surface area contributed by atoms with Gasteiger partial charge in [-0.3, -0.25) is 0 Å². The molecule has 1 aromatic carbocycles. The second kappa shape index (κ2) is 5.91. The van der Waals surface area contributed by atoms with E-state index in [-0.39, 0.29) is 11.8 Å². The van der Waals surface area contributed by atoms with Crippen molar-refractivity contribution >= 4 is 21.0 Å². The fourth-order valence-electron chi connectivity index (χ4n) is 4.22. The standard InChI is InChI=1S/C17H22N2O3S/c20-23(21,12-15-14-8-2-4-10-17(14)22-18-15)19-11-5-7-13-6-1-3-9-16(13)19/h2,4,8,10,13,16H,1,3,5-7,9,11-12H2/t13-,16-/m1/s1. The van der Waals surface area contributed by atoms with Crippen LogP contribution in [-0.4, -0.2) is 30.5 Å². The summed E-state index contributed by atoms with van der Waals surface area (Å²) >= 11 is 0. The number of fused-ring (bicyclic) bond motifs is 2. The quantitative estimate of drug-likeness (QED) is 0.864. The van der Waals surface area contributed by atoms with Crippen LogP contribution in [0.25, 0.3) is 11.0 Å². The lowest BCUT2D eigenvalue weighted by atomic mass is 9.79. The molecule has 23 heavy (non-hydrogen) atoms. The molecule has 0 amide bonds. The Morgan fingerprint density at radius 1 is 1.13 bits per heavy atom. The van der Waals surface area contributed by atoms with Crippen LogP contribution >= 0.6 is 0 Å². The summed E-state index contributed by atoms with van der Waals surface area (Å²) in [5, 5.41) is 4.80. The fourth-order valence-corrected chi connectivity index (χ4v) is 6.04. The summed E-state index contributed by atoms with van der Waals surface area (Å²) in [6.45, 7) is 0.652. The van der Waals surface area contributed by atoms with Crippen LogP contribution in [0.3, 0.4) is 0 Å². The van der Waals surface area contributed by atoms with Gasteiger partial charge in [0, 0.05) is 18.0 Å². The number of piperidine rings is 1. The van der Waals surface area contributed by atoms with Crippen molar-refractivity contribution in [1.29, 1.82) is 0 Å². The second-order valence-electron chi connectivity index (χ2n) is 6.75. The van der Waals surface area contributed by atoms with Gasteiger partial charge in [-0.25, -0.2) is 8.42 Å². The van der Waals surface area contributed by atoms with E-state index in [2.05, 4.69) is 5.16 Å². The molecule has 2 heterocycles. The minimum atomic E-state index is -3.36. The fraction of sp³-hybridized carbons (Fsp3) is 0.588. The Bertz CT molecular complexity index is 797. The van der Waals surface area contributed by atoms with Gasteiger partial charge in [-0.1, -0.05) is 30.1 Å². The molecule has 2 aliphatic rings. The van der Waals surface area contributed by atoms with Crippen LogP contribution in [0.5, 0.6) is 0 Å². The van der Waals surface area contributed by atoms with Crippen molar-refractivity contribution in [1.82, 2.24) is 9.46 Å². The van der Waals surface area contributed by atoms with Gasteiger partial charge in [0.15, 0.2) is 5.58 Å². The highest BCUT2D eigenvalue weighted by molar-refractivity contribution is 7.88. The van der Waals surface area contributed by atoms with Crippen LogP contribution in [0.1, 0.15) is 44.2 Å². The second-order valence-corrected chi connectivity index (χ2v) is 8.67. The first-order valence-corrected chi connectivity index (χ1v) is 10.1. The highest BCUT2D eigenvalue weighted by atomic mass is 32.2. The molecule has 1 aliphatic carbocycles. The van der Waals surface area contributed by atoms with Crippen LogP contribution in [-0.2, 0) is 15.8 Å². The molecule has 0 bridgehead atoms. The van der Waals surface area contributed by atoms with E-state index >= 15 is 0 Å². The molecule has 1 saturated heterocycles. The third-order valence-electron chi connectivity index (χ3n) is 5.32. The molecule has 0 spiro atoms. The Kier molecular flexibility index (Phi) is 3.89. The van der Waals surface area contributed by atoms with Gasteiger partial charge in [0.2, 0.25) is 10.0 Å². The summed E-state index contributed by atoms with van der Waals surface area (Å²) in [6, 6.07) is 7.63. The van der Waals surface area contributed by atoms with Crippen molar-refractivity contribution in [3.63, 3.8) is 0 Å². The molecular weight excluding hydrogens is 312 g/mol. The van der Waals surface area contributed by atoms with E-state index in [0.717, 1.165) is 24.6 Å². The minimum Gasteiger partial charge on any atom is -0.356 e. The van der Waals surface area contributed by atoms with Crippen LogP contribution in [0, 0.1) is 5.92 Å². The van der Waals surface area contributed by atoms with Crippen LogP contribution in [0.4, 0.5) is 0 Å². The molecule has 0 N–H and O–H groups in total. The average Bonchev–Trinajstić information content (AvgIpc) is 2.97. The zero-order chi connectivity index (χ0) is 15.9. The van der Waals surface area contributed by atoms with Crippen molar-refractivity contribution in [2.75, 3.05) is 6.54 Å². The normalized spacial score (nSPS) is 26.3. The largest absolute Gasteiger partial charge is 0.356 e. The number of nitrogens with zero attached hydrogens (tertiary/aromatic N) is 2. The van der Waals surface area contributed by atoms with Crippen LogP contribution < -0.4 is 0 Å². The Morgan fingerprint density at radius 3 is 2.83 bits per heavy atom. The molecule has 2 aromatic rings. The average molecular weight is 334 g/mol. The minimum absolute atomic E-state index is 0.0623. The number of sulfonamides is 1. The van der Waals surface area contributed by atoms with E-state index < -0.39 is 10.0 Å². The van der Waals surface area contributed by atoms with Gasteiger partial charge < -0.3 is 4.52 Å². The van der Waals surface area contributed by atoms with Gasteiger partial charge in [-0.05, 0) is 43.7 Å². The molecule has 4 rings (SSSR count). The Morgan fingerprint density at radius 2 is 1.91 bits per heavy atom. The molecule has 124 valence electrons. The van der Waals surface area contributed by atoms with Gasteiger partial charge in [0.05, 0.1) is 0 Å². The van der Waals surface area contributed by atoms with E-state index in [9.17, 15) is 8.42 Å². The van der Waals surface area contributed by atoms with Gasteiger partial charge in [-0.15, -0.1) is 0 Å². The van der Waals surface area contributed by atoms with Gasteiger partial charge in [0.1, 0.15) is 11.4 Å². The monoisotopic (exact) mass is 334 g/mol. The first-order valence-electron chi connectivity index (χ1n) is 8.48. The van der Waals surface area contributed by atoms with E-state index in [1.165, 1.54) is 19.3 Å². The Hall–Kier alpha value is -1.40. The first-order chi connectivity index (χ1) is 11.1. The summed E-state index contributed by atoms with van der Waals surface area (Å²) in [5.74, 6) is 0.481. The summed E-state index contributed by atoms with van der Waals surface area (Å²) in [6.07, 6.45) is 6.69. The number of hydrogen-bond donors (Lipinski definition) is 0. The number of para-hydroxylation sites is 1. The van der Waals surface area contributed by atoms with Crippen LogP contribution in [0.2, 0.25) is 0 Å². The number of benzene rings is 1. The molecule has 1 saturated carbocycles. The lowest BCUT2D eigenvalue weighted by molar-refractivity contribution is 0.129.